The molecule has 0 aliphatic heterocycles. The predicted molar refractivity (Wildman–Crippen MR) is 90.2 cm³/mol. The first-order valence-electron chi connectivity index (χ1n) is 7.22. The maximum absolute atomic E-state index is 6.09. The number of halogens is 1. The number of nitrogens with one attached hydrogen (secondary N) is 1. The van der Waals surface area contributed by atoms with E-state index in [1.807, 2.05) is 18.2 Å². The molecule has 0 spiro atoms. The SMILES string of the molecule is CCNC(Cc1cccc(Cl)c1)c1snnc1C(C)(C)C. The highest BCUT2D eigenvalue weighted by molar-refractivity contribution is 7.05. The van der Waals surface area contributed by atoms with Crippen LogP contribution < -0.4 is 5.32 Å². The summed E-state index contributed by atoms with van der Waals surface area (Å²) in [4.78, 5) is 1.23. The topological polar surface area (TPSA) is 37.8 Å². The third-order valence-corrected chi connectivity index (χ3v) is 4.39. The van der Waals surface area contributed by atoms with Crippen LogP contribution in [-0.2, 0) is 11.8 Å². The molecule has 1 aromatic carbocycles. The molecule has 3 nitrogen and oxygen atoms in total. The molecule has 0 saturated heterocycles. The summed E-state index contributed by atoms with van der Waals surface area (Å²) in [5, 5.41) is 8.68. The van der Waals surface area contributed by atoms with E-state index in [4.69, 9.17) is 11.6 Å². The highest BCUT2D eigenvalue weighted by Gasteiger charge is 2.27. The molecule has 1 unspecified atom stereocenters. The lowest BCUT2D eigenvalue weighted by Crippen LogP contribution is -2.25. The Labute approximate surface area is 135 Å². The van der Waals surface area contributed by atoms with Gasteiger partial charge in [-0.3, -0.25) is 0 Å². The average Bonchev–Trinajstić information content (AvgIpc) is 2.87. The van der Waals surface area contributed by atoms with E-state index in [0.717, 1.165) is 23.7 Å². The van der Waals surface area contributed by atoms with E-state index >= 15 is 0 Å². The summed E-state index contributed by atoms with van der Waals surface area (Å²) in [5.74, 6) is 0. The largest absolute Gasteiger partial charge is 0.309 e. The molecule has 0 saturated carbocycles. The van der Waals surface area contributed by atoms with Crippen molar-refractivity contribution >= 4 is 23.1 Å². The second-order valence-corrected chi connectivity index (χ2v) is 7.40. The number of aromatic nitrogens is 2. The van der Waals surface area contributed by atoms with Crippen molar-refractivity contribution in [2.45, 2.75) is 45.6 Å². The molecule has 0 aliphatic rings. The van der Waals surface area contributed by atoms with Gasteiger partial charge in [0.1, 0.15) is 0 Å². The quantitative estimate of drug-likeness (QED) is 0.887. The van der Waals surface area contributed by atoms with Crippen molar-refractivity contribution in [2.75, 3.05) is 6.54 Å². The Balaban J connectivity index is 2.29. The lowest BCUT2D eigenvalue weighted by atomic mass is 9.89. The Bertz CT molecular complexity index is 589. The highest BCUT2D eigenvalue weighted by atomic mass is 35.5. The number of hydrogen-bond acceptors (Lipinski definition) is 4. The standard InChI is InChI=1S/C16H22ClN3S/c1-5-18-13(10-11-7-6-8-12(17)9-11)14-15(16(2,3)4)19-20-21-14/h6-9,13,18H,5,10H2,1-4H3. The van der Waals surface area contributed by atoms with Crippen LogP contribution >= 0.6 is 23.1 Å². The molecule has 1 N–H and O–H groups in total. The normalized spacial score (nSPS) is 13.4. The lowest BCUT2D eigenvalue weighted by Gasteiger charge is -2.22. The minimum Gasteiger partial charge on any atom is -0.309 e. The molecule has 0 fully saturated rings. The average molecular weight is 324 g/mol. The Morgan fingerprint density at radius 3 is 2.71 bits per heavy atom. The van der Waals surface area contributed by atoms with Gasteiger partial charge in [0.05, 0.1) is 10.6 Å². The fourth-order valence-electron chi connectivity index (χ4n) is 2.35. The number of hydrogen-bond donors (Lipinski definition) is 1. The van der Waals surface area contributed by atoms with Gasteiger partial charge in [-0.15, -0.1) is 5.10 Å². The number of nitrogens with zero attached hydrogens (tertiary/aromatic N) is 2. The summed E-state index contributed by atoms with van der Waals surface area (Å²) >= 11 is 7.58. The summed E-state index contributed by atoms with van der Waals surface area (Å²) in [5.41, 5.74) is 2.31. The molecule has 1 heterocycles. The molecular weight excluding hydrogens is 302 g/mol. The fraction of sp³-hybridized carbons (Fsp3) is 0.500. The van der Waals surface area contributed by atoms with Crippen molar-refractivity contribution in [3.8, 4) is 0 Å². The molecule has 0 amide bonds. The first-order valence-corrected chi connectivity index (χ1v) is 8.37. The van der Waals surface area contributed by atoms with Gasteiger partial charge in [-0.05, 0) is 42.2 Å². The van der Waals surface area contributed by atoms with E-state index < -0.39 is 0 Å². The molecule has 21 heavy (non-hydrogen) atoms. The number of rotatable bonds is 5. The van der Waals surface area contributed by atoms with Gasteiger partial charge in [0.25, 0.3) is 0 Å². The molecule has 0 aliphatic carbocycles. The first-order chi connectivity index (χ1) is 9.91. The summed E-state index contributed by atoms with van der Waals surface area (Å²) < 4.78 is 4.18. The minimum atomic E-state index is 0.00430. The van der Waals surface area contributed by atoms with Gasteiger partial charge >= 0.3 is 0 Å². The van der Waals surface area contributed by atoms with Crippen LogP contribution in [0, 0.1) is 0 Å². The van der Waals surface area contributed by atoms with Crippen molar-refractivity contribution in [1.29, 1.82) is 0 Å². The van der Waals surface area contributed by atoms with Gasteiger partial charge < -0.3 is 5.32 Å². The molecule has 2 aromatic rings. The molecule has 5 heteroatoms. The third-order valence-electron chi connectivity index (χ3n) is 3.32. The minimum absolute atomic E-state index is 0.00430. The molecule has 0 bridgehead atoms. The van der Waals surface area contributed by atoms with E-state index in [1.54, 1.807) is 0 Å². The van der Waals surface area contributed by atoms with Crippen molar-refractivity contribution < 1.29 is 0 Å². The van der Waals surface area contributed by atoms with Crippen LogP contribution in [0.15, 0.2) is 24.3 Å². The highest BCUT2D eigenvalue weighted by Crippen LogP contribution is 2.32. The zero-order valence-electron chi connectivity index (χ0n) is 13.0. The van der Waals surface area contributed by atoms with Crippen LogP contribution in [0.5, 0.6) is 0 Å². The maximum Gasteiger partial charge on any atom is 0.0857 e. The van der Waals surface area contributed by atoms with Crippen LogP contribution in [0.3, 0.4) is 0 Å². The van der Waals surface area contributed by atoms with Crippen LogP contribution in [0.2, 0.25) is 5.02 Å². The van der Waals surface area contributed by atoms with Gasteiger partial charge in [0, 0.05) is 16.5 Å². The number of likely N-dealkylation sites (N-methyl/N-ethyl adjacent to an activating group) is 1. The third kappa shape index (κ3) is 4.25. The Kier molecular flexibility index (Phi) is 5.36. The van der Waals surface area contributed by atoms with Crippen molar-refractivity contribution in [2.24, 2.45) is 0 Å². The Morgan fingerprint density at radius 1 is 1.33 bits per heavy atom. The summed E-state index contributed by atoms with van der Waals surface area (Å²) in [7, 11) is 0. The smallest absolute Gasteiger partial charge is 0.0857 e. The lowest BCUT2D eigenvalue weighted by molar-refractivity contribution is 0.515. The van der Waals surface area contributed by atoms with Crippen molar-refractivity contribution in [1.82, 2.24) is 14.9 Å². The molecule has 2 rings (SSSR count). The van der Waals surface area contributed by atoms with E-state index in [2.05, 4.69) is 48.7 Å². The Hall–Kier alpha value is -0.970. The van der Waals surface area contributed by atoms with Crippen LogP contribution in [-0.4, -0.2) is 16.1 Å². The predicted octanol–water partition coefficient (Wildman–Crippen LogP) is 4.38. The molecule has 0 radical (unpaired) electrons. The fourth-order valence-corrected chi connectivity index (χ4v) is 3.50. The second kappa shape index (κ2) is 6.86. The van der Waals surface area contributed by atoms with E-state index in [-0.39, 0.29) is 11.5 Å². The number of benzene rings is 1. The Morgan fingerprint density at radius 2 is 2.10 bits per heavy atom. The van der Waals surface area contributed by atoms with E-state index in [0.29, 0.717) is 0 Å². The van der Waals surface area contributed by atoms with Crippen molar-refractivity contribution in [3.63, 3.8) is 0 Å². The van der Waals surface area contributed by atoms with Crippen molar-refractivity contribution in [3.05, 3.63) is 45.4 Å². The summed E-state index contributed by atoms with van der Waals surface area (Å²) in [6.45, 7) is 9.56. The van der Waals surface area contributed by atoms with Gasteiger partial charge in [0.2, 0.25) is 0 Å². The maximum atomic E-state index is 6.09. The van der Waals surface area contributed by atoms with E-state index in [1.165, 1.54) is 22.0 Å². The zero-order valence-corrected chi connectivity index (χ0v) is 14.6. The second-order valence-electron chi connectivity index (χ2n) is 6.18. The summed E-state index contributed by atoms with van der Waals surface area (Å²) in [6, 6.07) is 8.26. The van der Waals surface area contributed by atoms with Crippen LogP contribution in [0.1, 0.15) is 49.9 Å². The van der Waals surface area contributed by atoms with E-state index in [9.17, 15) is 0 Å². The van der Waals surface area contributed by atoms with Gasteiger partial charge in [-0.2, -0.15) is 0 Å². The first kappa shape index (κ1) is 16.4. The molecule has 1 atom stereocenters. The van der Waals surface area contributed by atoms with Gasteiger partial charge in [0.15, 0.2) is 0 Å². The zero-order chi connectivity index (χ0) is 15.5. The molecule has 1 aromatic heterocycles. The monoisotopic (exact) mass is 323 g/mol. The van der Waals surface area contributed by atoms with Gasteiger partial charge in [-0.1, -0.05) is 55.9 Å². The summed E-state index contributed by atoms with van der Waals surface area (Å²) in [6.07, 6.45) is 0.890. The van der Waals surface area contributed by atoms with Crippen LogP contribution in [0.25, 0.3) is 0 Å². The molecule has 114 valence electrons. The van der Waals surface area contributed by atoms with Gasteiger partial charge in [-0.25, -0.2) is 0 Å². The molecular formula is C16H22ClN3S. The van der Waals surface area contributed by atoms with Crippen LogP contribution in [0.4, 0.5) is 0 Å².